The van der Waals surface area contributed by atoms with Crippen LogP contribution in [0.4, 0.5) is 0 Å². The van der Waals surface area contributed by atoms with Gasteiger partial charge in [-0.2, -0.15) is 0 Å². The SMILES string of the molecule is CNCCCOCCOCCC=O. The molecule has 0 radical (unpaired) electrons. The normalized spacial score (nSPS) is 10.2. The van der Waals surface area contributed by atoms with E-state index in [1.54, 1.807) is 0 Å². The maximum atomic E-state index is 9.89. The van der Waals surface area contributed by atoms with E-state index >= 15 is 0 Å². The summed E-state index contributed by atoms with van der Waals surface area (Å²) >= 11 is 0. The van der Waals surface area contributed by atoms with Crippen LogP contribution in [0.15, 0.2) is 0 Å². The Bertz CT molecular complexity index is 109. The van der Waals surface area contributed by atoms with Crippen molar-refractivity contribution in [1.82, 2.24) is 5.32 Å². The van der Waals surface area contributed by atoms with Crippen LogP contribution in [0.1, 0.15) is 12.8 Å². The Morgan fingerprint density at radius 1 is 1.15 bits per heavy atom. The van der Waals surface area contributed by atoms with Crippen molar-refractivity contribution < 1.29 is 14.3 Å². The Labute approximate surface area is 79.6 Å². The second-order valence-electron chi connectivity index (χ2n) is 2.64. The first-order valence-electron chi connectivity index (χ1n) is 4.65. The molecule has 0 saturated heterocycles. The second-order valence-corrected chi connectivity index (χ2v) is 2.64. The summed E-state index contributed by atoms with van der Waals surface area (Å²) in [5.41, 5.74) is 0. The van der Waals surface area contributed by atoms with Crippen LogP contribution in [0.3, 0.4) is 0 Å². The smallest absolute Gasteiger partial charge is 0.122 e. The van der Waals surface area contributed by atoms with Crippen LogP contribution in [0.2, 0.25) is 0 Å². The van der Waals surface area contributed by atoms with Crippen molar-refractivity contribution in [2.24, 2.45) is 0 Å². The number of carbonyl (C=O) groups excluding carboxylic acids is 1. The largest absolute Gasteiger partial charge is 0.379 e. The van der Waals surface area contributed by atoms with Crippen molar-refractivity contribution >= 4 is 6.29 Å². The van der Waals surface area contributed by atoms with Gasteiger partial charge in [0.2, 0.25) is 0 Å². The number of aldehydes is 1. The Hall–Kier alpha value is -0.450. The van der Waals surface area contributed by atoms with Crippen LogP contribution in [-0.4, -0.2) is 46.3 Å². The molecule has 0 aliphatic heterocycles. The average molecular weight is 189 g/mol. The zero-order valence-electron chi connectivity index (χ0n) is 8.25. The van der Waals surface area contributed by atoms with Gasteiger partial charge in [0, 0.05) is 13.0 Å². The molecule has 78 valence electrons. The number of nitrogens with one attached hydrogen (secondary N) is 1. The van der Waals surface area contributed by atoms with Crippen molar-refractivity contribution in [3.05, 3.63) is 0 Å². The van der Waals surface area contributed by atoms with Crippen molar-refractivity contribution in [2.45, 2.75) is 12.8 Å². The molecule has 0 aromatic heterocycles. The van der Waals surface area contributed by atoms with Gasteiger partial charge in [-0.25, -0.2) is 0 Å². The van der Waals surface area contributed by atoms with E-state index in [1.807, 2.05) is 7.05 Å². The molecule has 0 aromatic carbocycles. The summed E-state index contributed by atoms with van der Waals surface area (Å²) in [6.45, 7) is 3.43. The zero-order chi connectivity index (χ0) is 9.78. The molecule has 4 nitrogen and oxygen atoms in total. The molecule has 0 aromatic rings. The van der Waals surface area contributed by atoms with Crippen LogP contribution in [0.25, 0.3) is 0 Å². The molecule has 0 saturated carbocycles. The van der Waals surface area contributed by atoms with E-state index in [1.165, 1.54) is 0 Å². The highest BCUT2D eigenvalue weighted by Crippen LogP contribution is 1.83. The number of ether oxygens (including phenoxy) is 2. The van der Waals surface area contributed by atoms with Gasteiger partial charge < -0.3 is 19.6 Å². The summed E-state index contributed by atoms with van der Waals surface area (Å²) in [5.74, 6) is 0. The second kappa shape index (κ2) is 11.6. The highest BCUT2D eigenvalue weighted by molar-refractivity contribution is 5.49. The topological polar surface area (TPSA) is 47.6 Å². The molecule has 0 heterocycles. The number of hydrogen-bond donors (Lipinski definition) is 1. The van der Waals surface area contributed by atoms with Gasteiger partial charge in [0.05, 0.1) is 19.8 Å². The van der Waals surface area contributed by atoms with Crippen molar-refractivity contribution in [1.29, 1.82) is 0 Å². The molecule has 0 unspecified atom stereocenters. The van der Waals surface area contributed by atoms with Gasteiger partial charge in [-0.15, -0.1) is 0 Å². The first kappa shape index (κ1) is 12.6. The summed E-state index contributed by atoms with van der Waals surface area (Å²) in [7, 11) is 1.92. The van der Waals surface area contributed by atoms with Gasteiger partial charge in [-0.1, -0.05) is 0 Å². The quantitative estimate of drug-likeness (QED) is 0.394. The number of rotatable bonds is 10. The van der Waals surface area contributed by atoms with E-state index in [0.29, 0.717) is 26.2 Å². The summed E-state index contributed by atoms with van der Waals surface area (Å²) in [6.07, 6.45) is 2.35. The molecule has 0 aliphatic rings. The molecular weight excluding hydrogens is 170 g/mol. The minimum absolute atomic E-state index is 0.472. The van der Waals surface area contributed by atoms with Crippen LogP contribution in [-0.2, 0) is 14.3 Å². The third-order valence-corrected chi connectivity index (χ3v) is 1.47. The first-order chi connectivity index (χ1) is 6.41. The summed E-state index contributed by atoms with van der Waals surface area (Å²) in [6, 6.07) is 0. The van der Waals surface area contributed by atoms with Crippen LogP contribution in [0, 0.1) is 0 Å². The van der Waals surface area contributed by atoms with Gasteiger partial charge in [-0.3, -0.25) is 0 Å². The van der Waals surface area contributed by atoms with Gasteiger partial charge >= 0.3 is 0 Å². The summed E-state index contributed by atoms with van der Waals surface area (Å²) in [5, 5.41) is 3.04. The molecule has 0 bridgehead atoms. The number of carbonyl (C=O) groups is 1. The molecule has 0 rings (SSSR count). The lowest BCUT2D eigenvalue weighted by atomic mass is 10.4. The van der Waals surface area contributed by atoms with E-state index in [2.05, 4.69) is 5.32 Å². The van der Waals surface area contributed by atoms with Crippen LogP contribution >= 0.6 is 0 Å². The third-order valence-electron chi connectivity index (χ3n) is 1.47. The van der Waals surface area contributed by atoms with E-state index < -0.39 is 0 Å². The fourth-order valence-electron chi connectivity index (χ4n) is 0.804. The van der Waals surface area contributed by atoms with Gasteiger partial charge in [0.1, 0.15) is 6.29 Å². The fraction of sp³-hybridized carbons (Fsp3) is 0.889. The third kappa shape index (κ3) is 11.5. The standard InChI is InChI=1S/C9H19NO3/c1-10-4-2-6-12-8-9-13-7-3-5-11/h5,10H,2-4,6-9H2,1H3. The maximum absolute atomic E-state index is 9.89. The Balaban J connectivity index is 2.79. The molecule has 0 spiro atoms. The molecule has 4 heteroatoms. The zero-order valence-corrected chi connectivity index (χ0v) is 8.25. The minimum atomic E-state index is 0.472. The van der Waals surface area contributed by atoms with Crippen LogP contribution in [0.5, 0.6) is 0 Å². The predicted octanol–water partition coefficient (Wildman–Crippen LogP) is 0.218. The fourth-order valence-corrected chi connectivity index (χ4v) is 0.804. The molecule has 0 aliphatic carbocycles. The van der Waals surface area contributed by atoms with Crippen LogP contribution < -0.4 is 5.32 Å². The summed E-state index contributed by atoms with van der Waals surface area (Å²) in [4.78, 5) is 9.89. The van der Waals surface area contributed by atoms with Gasteiger partial charge in [0.15, 0.2) is 0 Å². The minimum Gasteiger partial charge on any atom is -0.379 e. The molecule has 1 N–H and O–H groups in total. The van der Waals surface area contributed by atoms with Crippen molar-refractivity contribution in [3.63, 3.8) is 0 Å². The average Bonchev–Trinajstić information content (AvgIpc) is 2.16. The molecular formula is C9H19NO3. The Kier molecular flexibility index (Phi) is 11.2. The van der Waals surface area contributed by atoms with Gasteiger partial charge in [-0.05, 0) is 20.0 Å². The Morgan fingerprint density at radius 2 is 1.85 bits per heavy atom. The van der Waals surface area contributed by atoms with Crippen molar-refractivity contribution in [3.8, 4) is 0 Å². The molecule has 0 fully saturated rings. The number of hydrogen-bond acceptors (Lipinski definition) is 4. The molecule has 13 heavy (non-hydrogen) atoms. The highest BCUT2D eigenvalue weighted by atomic mass is 16.5. The highest BCUT2D eigenvalue weighted by Gasteiger charge is 1.89. The van der Waals surface area contributed by atoms with E-state index in [9.17, 15) is 4.79 Å². The lowest BCUT2D eigenvalue weighted by Crippen LogP contribution is -2.12. The monoisotopic (exact) mass is 189 g/mol. The Morgan fingerprint density at radius 3 is 2.46 bits per heavy atom. The van der Waals surface area contributed by atoms with Crippen molar-refractivity contribution in [2.75, 3.05) is 40.0 Å². The lowest BCUT2D eigenvalue weighted by Gasteiger charge is -2.04. The van der Waals surface area contributed by atoms with E-state index in [4.69, 9.17) is 9.47 Å². The van der Waals surface area contributed by atoms with E-state index in [-0.39, 0.29) is 0 Å². The molecule has 0 amide bonds. The van der Waals surface area contributed by atoms with E-state index in [0.717, 1.165) is 25.9 Å². The molecule has 0 atom stereocenters. The van der Waals surface area contributed by atoms with Gasteiger partial charge in [0.25, 0.3) is 0 Å². The summed E-state index contributed by atoms with van der Waals surface area (Å²) < 4.78 is 10.4. The maximum Gasteiger partial charge on any atom is 0.122 e. The lowest BCUT2D eigenvalue weighted by molar-refractivity contribution is -0.108. The predicted molar refractivity (Wildman–Crippen MR) is 50.9 cm³/mol. The first-order valence-corrected chi connectivity index (χ1v) is 4.65.